The summed E-state index contributed by atoms with van der Waals surface area (Å²) in [7, 11) is 2.90. The Kier molecular flexibility index (Phi) is 3.42. The van der Waals surface area contributed by atoms with Gasteiger partial charge in [0.05, 0.1) is 19.8 Å². The molecule has 2 aromatic carbocycles. The number of phenolic OH excluding ortho intramolecular Hbond substituents is 1. The van der Waals surface area contributed by atoms with Gasteiger partial charge in [0, 0.05) is 6.07 Å². The maximum Gasteiger partial charge on any atom is 0.231 e. The third-order valence-electron chi connectivity index (χ3n) is 4.05. The molecular weight excluding hydrogens is 328 g/mol. The maximum absolute atomic E-state index is 13.0. The van der Waals surface area contributed by atoms with Gasteiger partial charge in [-0.2, -0.15) is 0 Å². The van der Waals surface area contributed by atoms with E-state index in [1.807, 2.05) is 0 Å². The van der Waals surface area contributed by atoms with Crippen molar-refractivity contribution in [2.45, 2.75) is 0 Å². The van der Waals surface area contributed by atoms with E-state index in [-0.39, 0.29) is 34.7 Å². The zero-order valence-corrected chi connectivity index (χ0v) is 13.5. The number of benzene rings is 2. The molecule has 2 heterocycles. The van der Waals surface area contributed by atoms with Crippen molar-refractivity contribution in [2.24, 2.45) is 0 Å². The second-order valence-corrected chi connectivity index (χ2v) is 5.38. The van der Waals surface area contributed by atoms with Crippen LogP contribution in [0.1, 0.15) is 0 Å². The number of hydrogen-bond donors (Lipinski definition) is 1. The quantitative estimate of drug-likeness (QED) is 0.783. The molecule has 0 fully saturated rings. The minimum Gasteiger partial charge on any atom is -0.504 e. The highest BCUT2D eigenvalue weighted by Crippen LogP contribution is 2.45. The molecule has 0 atom stereocenters. The molecule has 128 valence electrons. The first-order chi connectivity index (χ1) is 12.1. The van der Waals surface area contributed by atoms with Crippen molar-refractivity contribution in [3.05, 3.63) is 40.8 Å². The van der Waals surface area contributed by atoms with Crippen molar-refractivity contribution >= 4 is 11.0 Å². The topological polar surface area (TPSA) is 87.4 Å². The number of ether oxygens (including phenoxy) is 4. The zero-order chi connectivity index (χ0) is 17.6. The fourth-order valence-electron chi connectivity index (χ4n) is 2.86. The van der Waals surface area contributed by atoms with E-state index < -0.39 is 0 Å². The Morgan fingerprint density at radius 2 is 1.96 bits per heavy atom. The molecule has 0 saturated carbocycles. The summed E-state index contributed by atoms with van der Waals surface area (Å²) in [6, 6.07) is 6.27. The summed E-state index contributed by atoms with van der Waals surface area (Å²) in [6.07, 6.45) is 1.34. The first-order valence-electron chi connectivity index (χ1n) is 7.43. The van der Waals surface area contributed by atoms with Gasteiger partial charge in [0.1, 0.15) is 17.2 Å². The van der Waals surface area contributed by atoms with E-state index in [4.69, 9.17) is 23.4 Å². The highest BCUT2D eigenvalue weighted by atomic mass is 16.7. The Labute approximate surface area is 141 Å². The van der Waals surface area contributed by atoms with E-state index in [0.29, 0.717) is 28.4 Å². The molecule has 4 rings (SSSR count). The number of hydrogen-bond acceptors (Lipinski definition) is 7. The molecule has 0 aliphatic carbocycles. The maximum atomic E-state index is 13.0. The highest BCUT2D eigenvalue weighted by Gasteiger charge is 2.25. The lowest BCUT2D eigenvalue weighted by molar-refractivity contribution is 0.171. The molecule has 0 saturated heterocycles. The molecule has 7 nitrogen and oxygen atoms in total. The second kappa shape index (κ2) is 5.62. The molecule has 25 heavy (non-hydrogen) atoms. The van der Waals surface area contributed by atoms with Crippen molar-refractivity contribution in [2.75, 3.05) is 21.0 Å². The number of methoxy groups -OCH3 is 2. The van der Waals surface area contributed by atoms with Crippen molar-refractivity contribution in [3.63, 3.8) is 0 Å². The Morgan fingerprint density at radius 3 is 2.68 bits per heavy atom. The third-order valence-corrected chi connectivity index (χ3v) is 4.05. The van der Waals surface area contributed by atoms with Gasteiger partial charge in [-0.1, -0.05) is 6.07 Å². The zero-order valence-electron chi connectivity index (χ0n) is 13.5. The van der Waals surface area contributed by atoms with Gasteiger partial charge in [-0.15, -0.1) is 0 Å². The van der Waals surface area contributed by atoms with Crippen molar-refractivity contribution in [3.8, 4) is 39.9 Å². The monoisotopic (exact) mass is 342 g/mol. The fraction of sp³-hybridized carbons (Fsp3) is 0.167. The van der Waals surface area contributed by atoms with Gasteiger partial charge < -0.3 is 28.5 Å². The first-order valence-corrected chi connectivity index (χ1v) is 7.43. The summed E-state index contributed by atoms with van der Waals surface area (Å²) in [6.45, 7) is 0.0510. The van der Waals surface area contributed by atoms with Crippen LogP contribution in [-0.4, -0.2) is 26.1 Å². The van der Waals surface area contributed by atoms with Crippen LogP contribution in [0.15, 0.2) is 39.7 Å². The molecule has 0 unspecified atom stereocenters. The van der Waals surface area contributed by atoms with Crippen LogP contribution >= 0.6 is 0 Å². The van der Waals surface area contributed by atoms with Crippen LogP contribution in [0.4, 0.5) is 0 Å². The van der Waals surface area contributed by atoms with Gasteiger partial charge in [-0.3, -0.25) is 4.79 Å². The average molecular weight is 342 g/mol. The van der Waals surface area contributed by atoms with Crippen LogP contribution in [0, 0.1) is 0 Å². The Bertz CT molecular complexity index is 1040. The summed E-state index contributed by atoms with van der Waals surface area (Å²) in [4.78, 5) is 13.0. The van der Waals surface area contributed by atoms with E-state index in [2.05, 4.69) is 0 Å². The Hall–Kier alpha value is -3.35. The molecule has 1 N–H and O–H groups in total. The Balaban J connectivity index is 1.98. The van der Waals surface area contributed by atoms with E-state index in [9.17, 15) is 9.90 Å². The van der Waals surface area contributed by atoms with Crippen LogP contribution in [0.25, 0.3) is 22.1 Å². The lowest BCUT2D eigenvalue weighted by Gasteiger charge is -2.10. The van der Waals surface area contributed by atoms with Gasteiger partial charge in [0.2, 0.25) is 18.0 Å². The average Bonchev–Trinajstić information content (AvgIpc) is 3.08. The summed E-state index contributed by atoms with van der Waals surface area (Å²) in [5, 5.41) is 10.2. The molecule has 1 aliphatic heterocycles. The van der Waals surface area contributed by atoms with Crippen molar-refractivity contribution in [1.82, 2.24) is 0 Å². The summed E-state index contributed by atoms with van der Waals surface area (Å²) in [5.74, 6) is 1.34. The minimum atomic E-state index is -0.305. The van der Waals surface area contributed by atoms with E-state index in [1.165, 1.54) is 26.5 Å². The number of rotatable bonds is 3. The number of fused-ring (bicyclic) bond motifs is 2. The first kappa shape index (κ1) is 15.2. The van der Waals surface area contributed by atoms with Gasteiger partial charge in [0.25, 0.3) is 0 Å². The lowest BCUT2D eigenvalue weighted by atomic mass is 10.0. The molecule has 7 heteroatoms. The summed E-state index contributed by atoms with van der Waals surface area (Å²) >= 11 is 0. The molecule has 3 aromatic rings. The van der Waals surface area contributed by atoms with Crippen molar-refractivity contribution < 1.29 is 28.5 Å². The van der Waals surface area contributed by atoms with Crippen LogP contribution in [0.3, 0.4) is 0 Å². The van der Waals surface area contributed by atoms with Gasteiger partial charge in [0.15, 0.2) is 23.0 Å². The molecule has 0 spiro atoms. The smallest absolute Gasteiger partial charge is 0.231 e. The SMILES string of the molecule is COc1ccc(-c2coc3cc4c(c(OC)c3c2=O)OCO4)cc1O. The van der Waals surface area contributed by atoms with Crippen LogP contribution in [0.5, 0.6) is 28.7 Å². The fourth-order valence-corrected chi connectivity index (χ4v) is 2.86. The molecule has 1 aromatic heterocycles. The normalized spacial score (nSPS) is 12.4. The molecule has 0 bridgehead atoms. The Morgan fingerprint density at radius 1 is 1.12 bits per heavy atom. The highest BCUT2D eigenvalue weighted by molar-refractivity contribution is 5.91. The third kappa shape index (κ3) is 2.24. The van der Waals surface area contributed by atoms with Crippen LogP contribution in [-0.2, 0) is 0 Å². The number of phenols is 1. The predicted molar refractivity (Wildman–Crippen MR) is 88.8 cm³/mol. The molecule has 0 amide bonds. The molecule has 1 aliphatic rings. The van der Waals surface area contributed by atoms with E-state index >= 15 is 0 Å². The van der Waals surface area contributed by atoms with Gasteiger partial charge in [-0.05, 0) is 17.7 Å². The molecular formula is C18H14O7. The van der Waals surface area contributed by atoms with E-state index in [0.717, 1.165) is 0 Å². The van der Waals surface area contributed by atoms with Crippen molar-refractivity contribution in [1.29, 1.82) is 0 Å². The van der Waals surface area contributed by atoms with Gasteiger partial charge in [-0.25, -0.2) is 0 Å². The number of aromatic hydroxyl groups is 1. The molecule has 0 radical (unpaired) electrons. The standard InChI is InChI=1S/C18H14O7/c1-21-12-4-3-9(5-11(12)19)10-7-23-13-6-14-17(25-8-24-14)18(22-2)15(13)16(10)20/h3-7,19H,8H2,1-2H3. The van der Waals surface area contributed by atoms with Crippen LogP contribution in [0.2, 0.25) is 0 Å². The summed E-state index contributed by atoms with van der Waals surface area (Å²) < 4.78 is 26.7. The minimum absolute atomic E-state index is 0.0510. The van der Waals surface area contributed by atoms with Gasteiger partial charge >= 0.3 is 0 Å². The van der Waals surface area contributed by atoms with Crippen LogP contribution < -0.4 is 24.4 Å². The largest absolute Gasteiger partial charge is 0.504 e. The second-order valence-electron chi connectivity index (χ2n) is 5.38. The predicted octanol–water partition coefficient (Wildman–Crippen LogP) is 2.91. The lowest BCUT2D eigenvalue weighted by Crippen LogP contribution is -2.07. The summed E-state index contributed by atoms with van der Waals surface area (Å²) in [5.41, 5.74) is 0.796. The van der Waals surface area contributed by atoms with E-state index in [1.54, 1.807) is 18.2 Å².